The Kier molecular flexibility index (Phi) is 6.56. The molecule has 3 N–H and O–H groups in total. The maximum absolute atomic E-state index is 12.0. The molecule has 8 heteroatoms. The largest absolute Gasteiger partial charge is 0.467 e. The molecule has 24 heavy (non-hydrogen) atoms. The predicted octanol–water partition coefficient (Wildman–Crippen LogP) is 3.63. The molecule has 0 fully saturated rings. The highest BCUT2D eigenvalue weighted by Gasteiger charge is 2.10. The minimum Gasteiger partial charge on any atom is -0.467 e. The van der Waals surface area contributed by atoms with Gasteiger partial charge in [0.1, 0.15) is 12.0 Å². The Morgan fingerprint density at radius 2 is 2.25 bits per heavy atom. The van der Waals surface area contributed by atoms with Gasteiger partial charge in [0, 0.05) is 16.8 Å². The first-order chi connectivity index (χ1) is 11.2. The van der Waals surface area contributed by atoms with Crippen LogP contribution in [0.4, 0.5) is 0 Å². The molecule has 0 saturated carbocycles. The van der Waals surface area contributed by atoms with Crippen molar-refractivity contribution in [2.75, 3.05) is 6.54 Å². The van der Waals surface area contributed by atoms with E-state index in [-0.39, 0.29) is 18.3 Å². The van der Waals surface area contributed by atoms with Crippen LogP contribution in [0.25, 0.3) is 10.6 Å². The molecule has 0 atom stereocenters. The molecule has 3 aromatic rings. The van der Waals surface area contributed by atoms with Gasteiger partial charge in [-0.3, -0.25) is 4.79 Å². The van der Waals surface area contributed by atoms with Crippen LogP contribution >= 0.6 is 35.1 Å². The van der Waals surface area contributed by atoms with Crippen LogP contribution in [-0.4, -0.2) is 17.4 Å². The van der Waals surface area contributed by atoms with Crippen LogP contribution in [0.15, 0.2) is 34.3 Å². The van der Waals surface area contributed by atoms with E-state index in [0.717, 1.165) is 22.0 Å². The first-order valence-corrected chi connectivity index (χ1v) is 8.92. The van der Waals surface area contributed by atoms with Crippen LogP contribution in [0, 0.1) is 6.92 Å². The lowest BCUT2D eigenvalue weighted by Crippen LogP contribution is -2.25. The number of aromatic nitrogens is 1. The lowest BCUT2D eigenvalue weighted by molar-refractivity contribution is 0.0953. The van der Waals surface area contributed by atoms with Gasteiger partial charge in [-0.15, -0.1) is 35.1 Å². The lowest BCUT2D eigenvalue weighted by atomic mass is 10.2. The van der Waals surface area contributed by atoms with Crippen molar-refractivity contribution in [1.82, 2.24) is 10.3 Å². The number of nitrogens with two attached hydrogens (primary N) is 1. The molecule has 0 saturated heterocycles. The van der Waals surface area contributed by atoms with E-state index in [1.54, 1.807) is 28.7 Å². The zero-order valence-corrected chi connectivity index (χ0v) is 15.5. The summed E-state index contributed by atoms with van der Waals surface area (Å²) in [6.07, 6.45) is 2.23. The number of thiazole rings is 1. The summed E-state index contributed by atoms with van der Waals surface area (Å²) in [6.45, 7) is 2.88. The standard InChI is InChI=1S/C16H17N3O2S2.ClH/c1-10-19-14(9-22-10)15-3-2-13(23-15)4-5-18-16(20)11-6-12(7-17)21-8-11;/h2-3,6,8-9H,4-5,7,17H2,1H3,(H,18,20);1H. The molecule has 0 aliphatic heterocycles. The minimum absolute atomic E-state index is 0. The maximum Gasteiger partial charge on any atom is 0.254 e. The topological polar surface area (TPSA) is 81.2 Å². The van der Waals surface area contributed by atoms with Crippen LogP contribution < -0.4 is 11.1 Å². The third-order valence-electron chi connectivity index (χ3n) is 3.31. The molecule has 3 rings (SSSR count). The number of furan rings is 1. The number of nitrogens with one attached hydrogen (secondary N) is 1. The molecular weight excluding hydrogens is 366 g/mol. The van der Waals surface area contributed by atoms with Gasteiger partial charge in [0.2, 0.25) is 0 Å². The van der Waals surface area contributed by atoms with Crippen molar-refractivity contribution in [1.29, 1.82) is 0 Å². The fourth-order valence-corrected chi connectivity index (χ4v) is 3.79. The number of carbonyl (C=O) groups is 1. The van der Waals surface area contributed by atoms with Gasteiger partial charge in [0.05, 0.1) is 27.7 Å². The number of hydrogen-bond donors (Lipinski definition) is 2. The number of amides is 1. The van der Waals surface area contributed by atoms with Crippen molar-refractivity contribution in [3.8, 4) is 10.6 Å². The summed E-state index contributed by atoms with van der Waals surface area (Å²) in [7, 11) is 0. The van der Waals surface area contributed by atoms with Crippen molar-refractivity contribution in [3.63, 3.8) is 0 Å². The van der Waals surface area contributed by atoms with Crippen LogP contribution in [0.2, 0.25) is 0 Å². The summed E-state index contributed by atoms with van der Waals surface area (Å²) in [6, 6.07) is 5.84. The molecule has 5 nitrogen and oxygen atoms in total. The van der Waals surface area contributed by atoms with Crippen LogP contribution in [0.3, 0.4) is 0 Å². The normalized spacial score (nSPS) is 10.4. The molecule has 1 amide bonds. The van der Waals surface area contributed by atoms with Crippen molar-refractivity contribution in [2.45, 2.75) is 19.9 Å². The Bertz CT molecular complexity index is 810. The highest BCUT2D eigenvalue weighted by Crippen LogP contribution is 2.29. The second kappa shape index (κ2) is 8.43. The fourth-order valence-electron chi connectivity index (χ4n) is 2.13. The minimum atomic E-state index is -0.139. The number of halogens is 1. The Morgan fingerprint density at radius 3 is 2.92 bits per heavy atom. The molecule has 128 valence electrons. The monoisotopic (exact) mass is 383 g/mol. The molecular formula is C16H18ClN3O2S2. The maximum atomic E-state index is 12.0. The van der Waals surface area contributed by atoms with Gasteiger partial charge < -0.3 is 15.5 Å². The zero-order chi connectivity index (χ0) is 16.2. The summed E-state index contributed by atoms with van der Waals surface area (Å²) in [5.74, 6) is 0.469. The highest BCUT2D eigenvalue weighted by molar-refractivity contribution is 7.16. The molecule has 0 radical (unpaired) electrons. The van der Waals surface area contributed by atoms with E-state index in [1.165, 1.54) is 11.1 Å². The Morgan fingerprint density at radius 1 is 1.42 bits per heavy atom. The zero-order valence-electron chi connectivity index (χ0n) is 13.1. The summed E-state index contributed by atoms with van der Waals surface area (Å²) in [5, 5.41) is 6.03. The van der Waals surface area contributed by atoms with Crippen LogP contribution in [0.1, 0.15) is 26.0 Å². The smallest absolute Gasteiger partial charge is 0.254 e. The van der Waals surface area contributed by atoms with E-state index in [4.69, 9.17) is 10.2 Å². The van der Waals surface area contributed by atoms with E-state index in [1.807, 2.05) is 6.92 Å². The first-order valence-electron chi connectivity index (χ1n) is 7.22. The predicted molar refractivity (Wildman–Crippen MR) is 100 cm³/mol. The summed E-state index contributed by atoms with van der Waals surface area (Å²) in [5.41, 5.74) is 7.00. The lowest BCUT2D eigenvalue weighted by Gasteiger charge is -2.01. The van der Waals surface area contributed by atoms with Crippen molar-refractivity contribution in [2.24, 2.45) is 5.73 Å². The van der Waals surface area contributed by atoms with Gasteiger partial charge in [-0.05, 0) is 31.5 Å². The number of hydrogen-bond acceptors (Lipinski definition) is 6. The fraction of sp³-hybridized carbons (Fsp3) is 0.250. The summed E-state index contributed by atoms with van der Waals surface area (Å²) >= 11 is 3.36. The van der Waals surface area contributed by atoms with Crippen molar-refractivity contribution < 1.29 is 9.21 Å². The van der Waals surface area contributed by atoms with E-state index < -0.39 is 0 Å². The molecule has 0 unspecified atom stereocenters. The third kappa shape index (κ3) is 4.45. The number of rotatable bonds is 6. The average Bonchev–Trinajstić information content (AvgIpc) is 3.26. The number of nitrogens with zero attached hydrogens (tertiary/aromatic N) is 1. The molecule has 0 aliphatic rings. The van der Waals surface area contributed by atoms with Crippen LogP contribution in [0.5, 0.6) is 0 Å². The molecule has 3 aromatic heterocycles. The molecule has 3 heterocycles. The van der Waals surface area contributed by atoms with Gasteiger partial charge in [-0.2, -0.15) is 0 Å². The number of carbonyl (C=O) groups excluding carboxylic acids is 1. The first kappa shape index (κ1) is 18.7. The second-order valence-corrected chi connectivity index (χ2v) is 7.26. The van der Waals surface area contributed by atoms with Gasteiger partial charge >= 0.3 is 0 Å². The average molecular weight is 384 g/mol. The molecule has 0 aliphatic carbocycles. The van der Waals surface area contributed by atoms with Crippen LogP contribution in [-0.2, 0) is 13.0 Å². The molecule has 0 spiro atoms. The quantitative estimate of drug-likeness (QED) is 0.681. The van der Waals surface area contributed by atoms with E-state index in [9.17, 15) is 4.79 Å². The molecule has 0 bridgehead atoms. The van der Waals surface area contributed by atoms with E-state index >= 15 is 0 Å². The van der Waals surface area contributed by atoms with Crippen molar-refractivity contribution >= 4 is 41.0 Å². The second-order valence-electron chi connectivity index (χ2n) is 5.03. The van der Waals surface area contributed by atoms with E-state index in [0.29, 0.717) is 24.4 Å². The van der Waals surface area contributed by atoms with Gasteiger partial charge in [-0.25, -0.2) is 4.98 Å². The van der Waals surface area contributed by atoms with E-state index in [2.05, 4.69) is 27.8 Å². The SMILES string of the molecule is Cc1nc(-c2ccc(CCNC(=O)c3coc(CN)c3)s2)cs1.Cl. The number of thiophene rings is 1. The Balaban J connectivity index is 0.00000208. The van der Waals surface area contributed by atoms with Gasteiger partial charge in [0.25, 0.3) is 5.91 Å². The number of aryl methyl sites for hydroxylation is 1. The Labute approximate surface area is 154 Å². The highest BCUT2D eigenvalue weighted by atomic mass is 35.5. The third-order valence-corrected chi connectivity index (χ3v) is 5.25. The van der Waals surface area contributed by atoms with Crippen molar-refractivity contribution in [3.05, 3.63) is 51.1 Å². The molecule has 0 aromatic carbocycles. The van der Waals surface area contributed by atoms with Gasteiger partial charge in [-0.1, -0.05) is 0 Å². The Hall–Kier alpha value is -1.67. The van der Waals surface area contributed by atoms with Gasteiger partial charge in [0.15, 0.2) is 0 Å². The summed E-state index contributed by atoms with van der Waals surface area (Å²) < 4.78 is 5.16. The summed E-state index contributed by atoms with van der Waals surface area (Å²) in [4.78, 5) is 18.9.